The summed E-state index contributed by atoms with van der Waals surface area (Å²) >= 11 is 0. The zero-order chi connectivity index (χ0) is 19.4. The lowest BCUT2D eigenvalue weighted by atomic mass is 10.2. The van der Waals surface area contributed by atoms with Crippen LogP contribution in [0.25, 0.3) is 0 Å². The zero-order valence-electron chi connectivity index (χ0n) is 13.5. The van der Waals surface area contributed by atoms with E-state index in [1.807, 2.05) is 6.07 Å². The van der Waals surface area contributed by atoms with Gasteiger partial charge in [-0.15, -0.1) is 0 Å². The molecular weight excluding hydrogens is 358 g/mol. The summed E-state index contributed by atoms with van der Waals surface area (Å²) in [5.41, 5.74) is -0.570. The van der Waals surface area contributed by atoms with Crippen LogP contribution in [0, 0.1) is 23.0 Å². The third kappa shape index (κ3) is 4.16. The van der Waals surface area contributed by atoms with Crippen LogP contribution in [-0.4, -0.2) is 16.1 Å². The Labute approximate surface area is 151 Å². The quantitative estimate of drug-likeness (QED) is 0.712. The van der Waals surface area contributed by atoms with E-state index in [1.54, 1.807) is 0 Å². The molecule has 1 heterocycles. The predicted octanol–water partition coefficient (Wildman–Crippen LogP) is 4.51. The molecule has 3 aromatic rings. The fourth-order valence-electron chi connectivity index (χ4n) is 2.11. The zero-order valence-corrected chi connectivity index (χ0v) is 13.5. The molecule has 6 nitrogen and oxygen atoms in total. The van der Waals surface area contributed by atoms with Gasteiger partial charge in [-0.05, 0) is 48.5 Å². The van der Waals surface area contributed by atoms with Crippen molar-refractivity contribution in [3.63, 3.8) is 0 Å². The highest BCUT2D eigenvalue weighted by molar-refractivity contribution is 5.85. The van der Waals surface area contributed by atoms with Crippen LogP contribution in [0.3, 0.4) is 0 Å². The van der Waals surface area contributed by atoms with Gasteiger partial charge in [-0.1, -0.05) is 0 Å². The molecule has 0 aliphatic rings. The number of carboxylic acids is 1. The van der Waals surface area contributed by atoms with Crippen molar-refractivity contribution < 1.29 is 28.2 Å². The number of nitrogens with zero attached hydrogens (tertiary/aromatic N) is 2. The highest BCUT2D eigenvalue weighted by Gasteiger charge is 2.14. The van der Waals surface area contributed by atoms with Gasteiger partial charge in [0.15, 0.2) is 23.1 Å². The number of benzene rings is 2. The first-order valence-electron chi connectivity index (χ1n) is 7.51. The van der Waals surface area contributed by atoms with Crippen LogP contribution in [0.5, 0.6) is 23.1 Å². The fourth-order valence-corrected chi connectivity index (χ4v) is 2.11. The number of aromatic carboxylic acids is 1. The second-order valence-electron chi connectivity index (χ2n) is 5.22. The molecule has 0 aliphatic heterocycles. The molecule has 0 radical (unpaired) electrons. The number of hydrogen-bond donors (Lipinski definition) is 1. The van der Waals surface area contributed by atoms with Crippen molar-refractivity contribution in [1.82, 2.24) is 4.98 Å². The number of carbonyl (C=O) groups is 1. The molecule has 0 aliphatic carbocycles. The normalized spacial score (nSPS) is 10.1. The van der Waals surface area contributed by atoms with Gasteiger partial charge >= 0.3 is 5.97 Å². The summed E-state index contributed by atoms with van der Waals surface area (Å²) in [6.07, 6.45) is 0. The Morgan fingerprint density at radius 2 is 1.63 bits per heavy atom. The summed E-state index contributed by atoms with van der Waals surface area (Å²) in [4.78, 5) is 14.5. The van der Waals surface area contributed by atoms with Gasteiger partial charge in [-0.2, -0.15) is 5.26 Å². The molecule has 0 spiro atoms. The van der Waals surface area contributed by atoms with E-state index in [0.29, 0.717) is 5.75 Å². The first-order valence-corrected chi connectivity index (χ1v) is 7.51. The smallest absolute Gasteiger partial charge is 0.357 e. The van der Waals surface area contributed by atoms with Crippen LogP contribution < -0.4 is 9.47 Å². The number of nitriles is 1. The Morgan fingerprint density at radius 1 is 0.963 bits per heavy atom. The molecule has 0 saturated carbocycles. The van der Waals surface area contributed by atoms with Gasteiger partial charge in [0.25, 0.3) is 0 Å². The number of halogens is 2. The van der Waals surface area contributed by atoms with Crippen molar-refractivity contribution in [3.05, 3.63) is 77.5 Å². The lowest BCUT2D eigenvalue weighted by Crippen LogP contribution is -2.04. The van der Waals surface area contributed by atoms with E-state index in [1.165, 1.54) is 42.5 Å². The molecule has 0 bridgehead atoms. The number of carboxylic acid groups (broad SMARTS) is 1. The number of hydrogen-bond acceptors (Lipinski definition) is 5. The van der Waals surface area contributed by atoms with E-state index in [9.17, 15) is 13.6 Å². The van der Waals surface area contributed by atoms with Gasteiger partial charge in [0.1, 0.15) is 11.5 Å². The SMILES string of the molecule is N#Cc1ccc(Oc2ccc(Oc3ccc(F)c(C(=O)O)n3)cc2)c(F)c1. The highest BCUT2D eigenvalue weighted by Crippen LogP contribution is 2.28. The van der Waals surface area contributed by atoms with Crippen LogP contribution >= 0.6 is 0 Å². The van der Waals surface area contributed by atoms with Gasteiger partial charge in [0.2, 0.25) is 5.88 Å². The van der Waals surface area contributed by atoms with Crippen LogP contribution in [0.4, 0.5) is 8.78 Å². The Balaban J connectivity index is 1.73. The molecule has 1 aromatic heterocycles. The second kappa shape index (κ2) is 7.49. The minimum Gasteiger partial charge on any atom is -0.476 e. The number of aromatic nitrogens is 1. The summed E-state index contributed by atoms with van der Waals surface area (Å²) in [5, 5.41) is 17.6. The summed E-state index contributed by atoms with van der Waals surface area (Å²) in [5.74, 6) is -2.70. The third-order valence-electron chi connectivity index (χ3n) is 3.36. The molecule has 2 aromatic carbocycles. The monoisotopic (exact) mass is 368 g/mol. The first-order chi connectivity index (χ1) is 13.0. The predicted molar refractivity (Wildman–Crippen MR) is 88.9 cm³/mol. The first kappa shape index (κ1) is 17.8. The molecule has 0 atom stereocenters. The summed E-state index contributed by atoms with van der Waals surface area (Å²) in [6.45, 7) is 0. The Morgan fingerprint density at radius 3 is 2.22 bits per heavy atom. The van der Waals surface area contributed by atoms with Crippen molar-refractivity contribution in [1.29, 1.82) is 5.26 Å². The summed E-state index contributed by atoms with van der Waals surface area (Å²) in [6, 6.07) is 13.8. The average molecular weight is 368 g/mol. The highest BCUT2D eigenvalue weighted by atomic mass is 19.1. The van der Waals surface area contributed by atoms with E-state index in [0.717, 1.165) is 12.1 Å². The number of ether oxygens (including phenoxy) is 2. The van der Waals surface area contributed by atoms with Gasteiger partial charge in [0, 0.05) is 6.07 Å². The molecular formula is C19H10F2N2O4. The molecule has 0 amide bonds. The standard InChI is InChI=1S/C19H10F2N2O4/c20-14-6-8-17(23-18(14)19(24)25)27-13-4-2-12(3-5-13)26-16-7-1-11(10-22)9-15(16)21/h1-9H,(H,24,25). The second-order valence-corrected chi connectivity index (χ2v) is 5.22. The van der Waals surface area contributed by atoms with Gasteiger partial charge in [0.05, 0.1) is 11.6 Å². The maximum atomic E-state index is 13.8. The fraction of sp³-hybridized carbons (Fsp3) is 0. The van der Waals surface area contributed by atoms with Crippen molar-refractivity contribution in [2.24, 2.45) is 0 Å². The molecule has 8 heteroatoms. The summed E-state index contributed by atoms with van der Waals surface area (Å²) < 4.78 is 37.9. The van der Waals surface area contributed by atoms with Gasteiger partial charge in [-0.3, -0.25) is 0 Å². The number of rotatable bonds is 5. The molecule has 134 valence electrons. The molecule has 0 unspecified atom stereocenters. The van der Waals surface area contributed by atoms with Crippen LogP contribution in [0.15, 0.2) is 54.6 Å². The maximum absolute atomic E-state index is 13.8. The topological polar surface area (TPSA) is 92.4 Å². The van der Waals surface area contributed by atoms with Crippen LogP contribution in [0.2, 0.25) is 0 Å². The largest absolute Gasteiger partial charge is 0.476 e. The molecule has 1 N–H and O–H groups in total. The summed E-state index contributed by atoms with van der Waals surface area (Å²) in [7, 11) is 0. The van der Waals surface area contributed by atoms with Crippen molar-refractivity contribution >= 4 is 5.97 Å². The van der Waals surface area contributed by atoms with Crippen LogP contribution in [-0.2, 0) is 0 Å². The lowest BCUT2D eigenvalue weighted by Gasteiger charge is -2.09. The molecule has 3 rings (SSSR count). The Bertz CT molecular complexity index is 1050. The average Bonchev–Trinajstić information content (AvgIpc) is 2.66. The van der Waals surface area contributed by atoms with E-state index in [-0.39, 0.29) is 22.9 Å². The van der Waals surface area contributed by atoms with E-state index >= 15 is 0 Å². The molecule has 0 saturated heterocycles. The van der Waals surface area contributed by atoms with E-state index in [2.05, 4.69) is 4.98 Å². The third-order valence-corrected chi connectivity index (χ3v) is 3.36. The Kier molecular flexibility index (Phi) is 4.95. The van der Waals surface area contributed by atoms with Crippen LogP contribution in [0.1, 0.15) is 16.1 Å². The maximum Gasteiger partial charge on any atom is 0.357 e. The van der Waals surface area contributed by atoms with E-state index in [4.69, 9.17) is 19.8 Å². The van der Waals surface area contributed by atoms with E-state index < -0.39 is 23.3 Å². The lowest BCUT2D eigenvalue weighted by molar-refractivity contribution is 0.0684. The Hall–Kier alpha value is -3.99. The minimum absolute atomic E-state index is 0.0473. The van der Waals surface area contributed by atoms with Gasteiger partial charge in [-0.25, -0.2) is 18.6 Å². The molecule has 27 heavy (non-hydrogen) atoms. The minimum atomic E-state index is -1.51. The van der Waals surface area contributed by atoms with Gasteiger partial charge < -0.3 is 14.6 Å². The van der Waals surface area contributed by atoms with Crippen molar-refractivity contribution in [2.75, 3.05) is 0 Å². The van der Waals surface area contributed by atoms with Crippen molar-refractivity contribution in [3.8, 4) is 29.2 Å². The number of pyridine rings is 1. The molecule has 0 fully saturated rings. The van der Waals surface area contributed by atoms with Crippen molar-refractivity contribution in [2.45, 2.75) is 0 Å².